The highest BCUT2D eigenvalue weighted by molar-refractivity contribution is 5.47. The van der Waals surface area contributed by atoms with Crippen LogP contribution in [0.2, 0.25) is 0 Å². The molecule has 434 valence electrons. The van der Waals surface area contributed by atoms with Gasteiger partial charge in [0, 0.05) is 18.4 Å². The fraction of sp³-hybridized carbons (Fsp3) is 0.280. The molecular weight excluding hydrogens is 1040 g/mol. The van der Waals surface area contributed by atoms with Gasteiger partial charge in [0.05, 0.1) is 71.7 Å². The van der Waals surface area contributed by atoms with Crippen molar-refractivity contribution < 1.29 is 43.0 Å². The van der Waals surface area contributed by atoms with E-state index >= 15 is 0 Å². The minimum atomic E-state index is -1.09. The van der Waals surface area contributed by atoms with Gasteiger partial charge in [0.15, 0.2) is 0 Å². The second-order valence-electron chi connectivity index (χ2n) is 21.4. The largest absolute Gasteiger partial charge is 0.396 e. The van der Waals surface area contributed by atoms with Crippen molar-refractivity contribution in [1.82, 2.24) is 0 Å². The van der Waals surface area contributed by atoms with Gasteiger partial charge in [-0.2, -0.15) is 0 Å². The maximum atomic E-state index is 10.7. The van der Waals surface area contributed by atoms with E-state index in [0.29, 0.717) is 13.2 Å². The van der Waals surface area contributed by atoms with E-state index < -0.39 is 36.1 Å². The minimum absolute atomic E-state index is 0.0583. The Kier molecular flexibility index (Phi) is 24.2. The predicted octanol–water partition coefficient (Wildman–Crippen LogP) is 14.8. The molecule has 0 spiro atoms. The summed E-state index contributed by atoms with van der Waals surface area (Å²) in [7, 11) is 0. The van der Waals surface area contributed by atoms with Crippen molar-refractivity contribution in [1.29, 1.82) is 0 Å². The van der Waals surface area contributed by atoms with Crippen LogP contribution < -0.4 is 0 Å². The molecule has 84 heavy (non-hydrogen) atoms. The van der Waals surface area contributed by atoms with Crippen molar-refractivity contribution in [2.75, 3.05) is 26.4 Å². The summed E-state index contributed by atoms with van der Waals surface area (Å²) in [4.78, 5) is 0. The maximum absolute atomic E-state index is 10.7. The molecule has 0 aliphatic rings. The molecule has 0 bridgehead atoms. The van der Waals surface area contributed by atoms with Gasteiger partial charge in [-0.25, -0.2) is 0 Å². The first-order chi connectivity index (χ1) is 41.5. The number of hydrogen-bond donors (Lipinski definition) is 1. The molecule has 0 aromatic heterocycles. The molecule has 8 atom stereocenters. The van der Waals surface area contributed by atoms with Crippen molar-refractivity contribution in [2.45, 2.75) is 95.7 Å². The van der Waals surface area contributed by atoms with Gasteiger partial charge in [-0.15, -0.1) is 0 Å². The standard InChI is InChI=1S/C75H80O9/c1-58(48-76)72(81-52-63-36-18-6-19-37-63)59(2)69(78-49-60-30-12-3-13-31-60)55-77-56-70(79-50-61-32-14-4-15-33-61)73(82-53-64-38-20-7-21-39-64)74(83-54-65-40-22-8-23-41-65)71(80-51-62-34-16-5-17-35-62)57-84-75(66-42-24-9-25-43-66,67-44-26-10-27-45-67)68-46-28-11-29-47-68/h3-47,58-59,69-74,76H,48-57H2,1-2H3/t58-,59-,69-,70+,71+,72-,73+,74+/m1/s1. The summed E-state index contributed by atoms with van der Waals surface area (Å²) >= 11 is 0. The average molecular weight is 1130 g/mol. The Bertz CT molecular complexity index is 3050. The minimum Gasteiger partial charge on any atom is -0.396 e. The number of hydrogen-bond acceptors (Lipinski definition) is 9. The van der Waals surface area contributed by atoms with Crippen LogP contribution in [0.1, 0.15) is 63.9 Å². The molecule has 1 N–H and O–H groups in total. The molecule has 0 amide bonds. The number of ether oxygens (including phenoxy) is 8. The predicted molar refractivity (Wildman–Crippen MR) is 332 cm³/mol. The fourth-order valence-corrected chi connectivity index (χ4v) is 10.7. The van der Waals surface area contributed by atoms with Crippen molar-refractivity contribution in [3.05, 3.63) is 323 Å². The summed E-state index contributed by atoms with van der Waals surface area (Å²) in [6.07, 6.45) is -4.06. The van der Waals surface area contributed by atoms with Gasteiger partial charge in [0.1, 0.15) is 30.0 Å². The third-order valence-electron chi connectivity index (χ3n) is 15.4. The van der Waals surface area contributed by atoms with Crippen LogP contribution in [-0.4, -0.2) is 68.2 Å². The fourth-order valence-electron chi connectivity index (χ4n) is 10.7. The van der Waals surface area contributed by atoms with E-state index in [1.807, 2.05) is 134 Å². The molecule has 9 aromatic carbocycles. The van der Waals surface area contributed by atoms with E-state index in [-0.39, 0.29) is 70.8 Å². The first-order valence-electron chi connectivity index (χ1n) is 29.4. The molecule has 0 fully saturated rings. The van der Waals surface area contributed by atoms with Crippen LogP contribution in [0, 0.1) is 11.8 Å². The Hall–Kier alpha value is -7.38. The van der Waals surface area contributed by atoms with Crippen molar-refractivity contribution in [3.8, 4) is 0 Å². The van der Waals surface area contributed by atoms with E-state index in [0.717, 1.165) is 50.1 Å². The lowest BCUT2D eigenvalue weighted by Crippen LogP contribution is -2.53. The van der Waals surface area contributed by atoms with Crippen LogP contribution >= 0.6 is 0 Å². The summed E-state index contributed by atoms with van der Waals surface area (Å²) in [6.45, 7) is 6.10. The highest BCUT2D eigenvalue weighted by atomic mass is 16.6. The van der Waals surface area contributed by atoms with E-state index in [9.17, 15) is 5.11 Å². The van der Waals surface area contributed by atoms with E-state index in [1.165, 1.54) is 0 Å². The van der Waals surface area contributed by atoms with E-state index in [4.69, 9.17) is 37.9 Å². The molecular formula is C75H80O9. The number of aliphatic hydroxyl groups excluding tert-OH is 1. The summed E-state index contributed by atoms with van der Waals surface area (Å²) in [5.74, 6) is -0.423. The number of rotatable bonds is 35. The highest BCUT2D eigenvalue weighted by Gasteiger charge is 2.43. The molecule has 0 radical (unpaired) electrons. The van der Waals surface area contributed by atoms with Gasteiger partial charge in [0.2, 0.25) is 0 Å². The maximum Gasteiger partial charge on any atom is 0.143 e. The second kappa shape index (κ2) is 33.2. The van der Waals surface area contributed by atoms with E-state index in [2.05, 4.69) is 153 Å². The Morgan fingerprint density at radius 1 is 0.298 bits per heavy atom. The first kappa shape index (κ1) is 61.2. The average Bonchev–Trinajstić information content (AvgIpc) is 3.59. The van der Waals surface area contributed by atoms with Gasteiger partial charge in [0.25, 0.3) is 0 Å². The van der Waals surface area contributed by atoms with E-state index in [1.54, 1.807) is 0 Å². The van der Waals surface area contributed by atoms with Crippen LogP contribution in [0.15, 0.2) is 273 Å². The second-order valence-corrected chi connectivity index (χ2v) is 21.4. The van der Waals surface area contributed by atoms with Crippen molar-refractivity contribution in [2.24, 2.45) is 11.8 Å². The summed E-state index contributed by atoms with van der Waals surface area (Å²) in [5.41, 5.74) is 7.79. The zero-order valence-electron chi connectivity index (χ0n) is 48.4. The highest BCUT2D eigenvalue weighted by Crippen LogP contribution is 2.41. The number of aliphatic hydroxyl groups is 1. The third kappa shape index (κ3) is 17.8. The van der Waals surface area contributed by atoms with Crippen molar-refractivity contribution >= 4 is 0 Å². The van der Waals surface area contributed by atoms with Crippen LogP contribution in [0.25, 0.3) is 0 Å². The van der Waals surface area contributed by atoms with Gasteiger partial charge in [-0.1, -0.05) is 287 Å². The molecule has 0 unspecified atom stereocenters. The SMILES string of the molecule is C[C@@H]([C@H](OCc1ccccc1)[C@H](C)CO)[C@@H](COC[C@H](OCc1ccccc1)[C@H](OCc1ccccc1)[C@@H](OCc1ccccc1)[C@H](COC(c1ccccc1)(c1ccccc1)c1ccccc1)OCc1ccccc1)OCc1ccccc1. The molecule has 0 aliphatic carbocycles. The topological polar surface area (TPSA) is 94.1 Å². The van der Waals surface area contributed by atoms with Gasteiger partial charge in [-0.3, -0.25) is 0 Å². The molecule has 0 heterocycles. The zero-order valence-corrected chi connectivity index (χ0v) is 48.4. The molecule has 0 saturated heterocycles. The lowest BCUT2D eigenvalue weighted by molar-refractivity contribution is -0.214. The van der Waals surface area contributed by atoms with Crippen LogP contribution in [0.4, 0.5) is 0 Å². The Morgan fingerprint density at radius 2 is 0.548 bits per heavy atom. The van der Waals surface area contributed by atoms with Crippen LogP contribution in [0.3, 0.4) is 0 Å². The summed E-state index contributed by atoms with van der Waals surface area (Å²) < 4.78 is 57.7. The van der Waals surface area contributed by atoms with Gasteiger partial charge in [-0.05, 0) is 50.1 Å². The smallest absolute Gasteiger partial charge is 0.143 e. The zero-order chi connectivity index (χ0) is 57.9. The Balaban J connectivity index is 1.13. The summed E-state index contributed by atoms with van der Waals surface area (Å²) in [5, 5.41) is 10.7. The molecule has 9 heteroatoms. The molecule has 9 rings (SSSR count). The normalized spacial score (nSPS) is 14.6. The summed E-state index contributed by atoms with van der Waals surface area (Å²) in [6, 6.07) is 92.1. The lowest BCUT2D eigenvalue weighted by Gasteiger charge is -2.41. The molecule has 9 nitrogen and oxygen atoms in total. The van der Waals surface area contributed by atoms with Crippen molar-refractivity contribution in [3.63, 3.8) is 0 Å². The quantitative estimate of drug-likeness (QED) is 0.0390. The van der Waals surface area contributed by atoms with Crippen LogP contribution in [0.5, 0.6) is 0 Å². The first-order valence-corrected chi connectivity index (χ1v) is 29.4. The van der Waals surface area contributed by atoms with Gasteiger partial charge < -0.3 is 43.0 Å². The Morgan fingerprint density at radius 3 is 0.857 bits per heavy atom. The lowest BCUT2D eigenvalue weighted by atomic mass is 9.80. The molecule has 0 aliphatic heterocycles. The Labute approximate surface area is 497 Å². The molecule has 9 aromatic rings. The molecule has 0 saturated carbocycles. The van der Waals surface area contributed by atoms with Gasteiger partial charge >= 0.3 is 0 Å². The van der Waals surface area contributed by atoms with Crippen LogP contribution in [-0.2, 0) is 83.1 Å². The monoisotopic (exact) mass is 1120 g/mol. The number of benzene rings is 9. The third-order valence-corrected chi connectivity index (χ3v) is 15.4.